The summed E-state index contributed by atoms with van der Waals surface area (Å²) in [4.78, 5) is 20.8. The topological polar surface area (TPSA) is 107 Å². The van der Waals surface area contributed by atoms with E-state index in [1.54, 1.807) is 6.92 Å². The highest BCUT2D eigenvalue weighted by atomic mass is 16.5. The number of aromatic nitrogens is 3. The number of anilines is 2. The quantitative estimate of drug-likeness (QED) is 0.320. The van der Waals surface area contributed by atoms with Gasteiger partial charge in [-0.05, 0) is 42.2 Å². The zero-order chi connectivity index (χ0) is 26.1. The average Bonchev–Trinajstić information content (AvgIpc) is 3.51. The number of nitrogens with one attached hydrogen (secondary N) is 2. The third-order valence-electron chi connectivity index (χ3n) is 6.63. The second kappa shape index (κ2) is 9.91. The smallest absolute Gasteiger partial charge is 0.250 e. The van der Waals surface area contributed by atoms with Crippen LogP contribution in [0.2, 0.25) is 0 Å². The molecule has 1 aliphatic rings. The summed E-state index contributed by atoms with van der Waals surface area (Å²) < 4.78 is 7.49. The Morgan fingerprint density at radius 1 is 1.08 bits per heavy atom. The lowest BCUT2D eigenvalue weighted by Crippen LogP contribution is -2.27. The molecule has 2 aromatic carbocycles. The van der Waals surface area contributed by atoms with Crippen molar-refractivity contribution >= 4 is 34.1 Å². The van der Waals surface area contributed by atoms with E-state index in [4.69, 9.17) is 10.5 Å². The average molecular weight is 495 g/mol. The Hall–Kier alpha value is -4.43. The van der Waals surface area contributed by atoms with Gasteiger partial charge in [0.2, 0.25) is 0 Å². The van der Waals surface area contributed by atoms with Crippen LogP contribution < -0.4 is 16.4 Å². The fourth-order valence-corrected chi connectivity index (χ4v) is 4.66. The van der Waals surface area contributed by atoms with Gasteiger partial charge in [0.1, 0.15) is 17.8 Å². The highest BCUT2D eigenvalue weighted by molar-refractivity contribution is 6.08. The minimum Gasteiger partial charge on any atom is -0.383 e. The number of amides is 1. The van der Waals surface area contributed by atoms with Crippen LogP contribution in [0, 0.1) is 0 Å². The number of rotatable bonds is 7. The molecule has 1 saturated heterocycles. The molecule has 5 rings (SSSR count). The van der Waals surface area contributed by atoms with Crippen molar-refractivity contribution in [1.82, 2.24) is 19.9 Å². The van der Waals surface area contributed by atoms with Gasteiger partial charge in [-0.3, -0.25) is 4.79 Å². The van der Waals surface area contributed by atoms with Crippen LogP contribution >= 0.6 is 0 Å². The SMILES string of the molecule is C=C(C)C(=O)Nc1ccc(-c2c(-c3ccc(C(=C)N[C@H]4CCOC4)cc3)c3c(N)ncnc3n2C)cc1. The Morgan fingerprint density at radius 2 is 1.78 bits per heavy atom. The second-order valence-electron chi connectivity index (χ2n) is 9.31. The number of ether oxygens (including phenoxy) is 1. The lowest BCUT2D eigenvalue weighted by Gasteiger charge is -2.15. The van der Waals surface area contributed by atoms with Gasteiger partial charge in [-0.25, -0.2) is 9.97 Å². The molecule has 1 aliphatic heterocycles. The first-order valence-corrected chi connectivity index (χ1v) is 12.1. The molecule has 37 heavy (non-hydrogen) atoms. The lowest BCUT2D eigenvalue weighted by molar-refractivity contribution is -0.112. The van der Waals surface area contributed by atoms with Crippen molar-refractivity contribution in [2.24, 2.45) is 7.05 Å². The van der Waals surface area contributed by atoms with Gasteiger partial charge < -0.3 is 25.7 Å². The van der Waals surface area contributed by atoms with Gasteiger partial charge in [0.15, 0.2) is 0 Å². The van der Waals surface area contributed by atoms with Crippen LogP contribution in [0.25, 0.3) is 39.1 Å². The molecule has 0 radical (unpaired) electrons. The van der Waals surface area contributed by atoms with Crippen LogP contribution in [0.15, 0.2) is 73.6 Å². The summed E-state index contributed by atoms with van der Waals surface area (Å²) in [7, 11) is 1.97. The normalized spacial score (nSPS) is 15.0. The van der Waals surface area contributed by atoms with Gasteiger partial charge in [0, 0.05) is 36.2 Å². The molecule has 4 N–H and O–H groups in total. The van der Waals surface area contributed by atoms with Crippen LogP contribution in [0.4, 0.5) is 11.5 Å². The van der Waals surface area contributed by atoms with Crippen LogP contribution in [0.1, 0.15) is 18.9 Å². The molecule has 0 bridgehead atoms. The number of nitrogen functional groups attached to an aromatic ring is 1. The van der Waals surface area contributed by atoms with Gasteiger partial charge in [0.25, 0.3) is 5.91 Å². The summed E-state index contributed by atoms with van der Waals surface area (Å²) in [5.74, 6) is 0.210. The third-order valence-corrected chi connectivity index (χ3v) is 6.63. The molecule has 8 nitrogen and oxygen atoms in total. The number of fused-ring (bicyclic) bond motifs is 1. The summed E-state index contributed by atoms with van der Waals surface area (Å²) in [6, 6.07) is 16.2. The number of hydrogen-bond donors (Lipinski definition) is 3. The third kappa shape index (κ3) is 4.71. The molecular formula is C29H30N6O2. The van der Waals surface area contributed by atoms with Gasteiger partial charge >= 0.3 is 0 Å². The van der Waals surface area contributed by atoms with E-state index in [2.05, 4.69) is 58.0 Å². The predicted octanol–water partition coefficient (Wildman–Crippen LogP) is 4.75. The van der Waals surface area contributed by atoms with E-state index in [1.165, 1.54) is 6.33 Å². The molecule has 0 aliphatic carbocycles. The van der Waals surface area contributed by atoms with Gasteiger partial charge in [0.05, 0.1) is 23.7 Å². The predicted molar refractivity (Wildman–Crippen MR) is 149 cm³/mol. The molecule has 8 heteroatoms. The number of carbonyl (C=O) groups is 1. The number of aryl methyl sites for hydroxylation is 1. The Morgan fingerprint density at radius 3 is 2.43 bits per heavy atom. The van der Waals surface area contributed by atoms with Gasteiger partial charge in [-0.1, -0.05) is 49.6 Å². The minimum absolute atomic E-state index is 0.210. The van der Waals surface area contributed by atoms with E-state index in [9.17, 15) is 4.79 Å². The minimum atomic E-state index is -0.210. The van der Waals surface area contributed by atoms with E-state index < -0.39 is 0 Å². The summed E-state index contributed by atoms with van der Waals surface area (Å²) in [6.45, 7) is 11.1. The van der Waals surface area contributed by atoms with Crippen molar-refractivity contribution in [3.63, 3.8) is 0 Å². The number of nitrogens with zero attached hydrogens (tertiary/aromatic N) is 3. The van der Waals surface area contributed by atoms with Crippen molar-refractivity contribution in [3.05, 3.63) is 79.2 Å². The maximum Gasteiger partial charge on any atom is 0.250 e. The highest BCUT2D eigenvalue weighted by Crippen LogP contribution is 2.41. The van der Waals surface area contributed by atoms with E-state index in [-0.39, 0.29) is 11.9 Å². The maximum atomic E-state index is 12.0. The molecule has 1 atom stereocenters. The summed E-state index contributed by atoms with van der Waals surface area (Å²) >= 11 is 0. The second-order valence-corrected chi connectivity index (χ2v) is 9.31. The van der Waals surface area contributed by atoms with Crippen LogP contribution in [-0.4, -0.2) is 39.7 Å². The highest BCUT2D eigenvalue weighted by Gasteiger charge is 2.22. The molecule has 4 aromatic rings. The van der Waals surface area contributed by atoms with Gasteiger partial charge in [-0.2, -0.15) is 0 Å². The van der Waals surface area contributed by atoms with Crippen LogP contribution in [0.3, 0.4) is 0 Å². The van der Waals surface area contributed by atoms with Gasteiger partial charge in [-0.15, -0.1) is 0 Å². The zero-order valence-electron chi connectivity index (χ0n) is 21.0. The summed E-state index contributed by atoms with van der Waals surface area (Å²) in [6.07, 6.45) is 2.46. The largest absolute Gasteiger partial charge is 0.383 e. The maximum absolute atomic E-state index is 12.0. The van der Waals surface area contributed by atoms with E-state index >= 15 is 0 Å². The monoisotopic (exact) mass is 494 g/mol. The summed E-state index contributed by atoms with van der Waals surface area (Å²) in [5, 5.41) is 7.11. The van der Waals surface area contributed by atoms with Crippen LogP contribution in [0.5, 0.6) is 0 Å². The van der Waals surface area contributed by atoms with E-state index in [0.29, 0.717) is 23.7 Å². The Kier molecular flexibility index (Phi) is 6.50. The Bertz CT molecular complexity index is 1500. The fraction of sp³-hybridized carbons (Fsp3) is 0.207. The van der Waals surface area contributed by atoms with E-state index in [1.807, 2.05) is 35.9 Å². The number of nitrogens with two attached hydrogens (primary N) is 1. The van der Waals surface area contributed by atoms with Crippen molar-refractivity contribution in [3.8, 4) is 22.4 Å². The van der Waals surface area contributed by atoms with E-state index in [0.717, 1.165) is 57.7 Å². The fourth-order valence-electron chi connectivity index (χ4n) is 4.66. The Balaban J connectivity index is 1.55. The van der Waals surface area contributed by atoms with Crippen molar-refractivity contribution < 1.29 is 9.53 Å². The zero-order valence-corrected chi connectivity index (χ0v) is 21.0. The lowest BCUT2D eigenvalue weighted by atomic mass is 9.97. The van der Waals surface area contributed by atoms with Crippen molar-refractivity contribution in [2.75, 3.05) is 24.3 Å². The molecule has 0 spiro atoms. The molecule has 1 fully saturated rings. The standard InChI is InChI=1S/C29H30N6O2/c1-17(2)29(36)34-22-11-9-21(10-12-22)26-24(25-27(30)31-16-32-28(25)35(26)4)20-7-5-19(6-8-20)18(3)33-23-13-14-37-15-23/h5-12,16,23,33H,1,3,13-15H2,2,4H3,(H,34,36)(H2,30,31,32)/t23-/m0/s1. The molecule has 3 heterocycles. The first-order valence-electron chi connectivity index (χ1n) is 12.1. The molecule has 0 unspecified atom stereocenters. The molecular weight excluding hydrogens is 464 g/mol. The number of benzene rings is 2. The molecule has 0 saturated carbocycles. The molecule has 188 valence electrons. The van der Waals surface area contributed by atoms with Crippen molar-refractivity contribution in [1.29, 1.82) is 0 Å². The molecule has 1 amide bonds. The number of carbonyl (C=O) groups excluding carboxylic acids is 1. The first-order chi connectivity index (χ1) is 17.8. The van der Waals surface area contributed by atoms with Crippen LogP contribution in [-0.2, 0) is 16.6 Å². The number of hydrogen-bond acceptors (Lipinski definition) is 6. The Labute approximate surface area is 215 Å². The summed E-state index contributed by atoms with van der Waals surface area (Å²) in [5.41, 5.74) is 14.0. The van der Waals surface area contributed by atoms with Crippen molar-refractivity contribution in [2.45, 2.75) is 19.4 Å². The molecule has 2 aromatic heterocycles. The first kappa shape index (κ1) is 24.3.